The predicted octanol–water partition coefficient (Wildman–Crippen LogP) is 2.62. The molecule has 232 valence electrons. The number of carboxylic acid groups (broad SMARTS) is 1. The minimum Gasteiger partial charge on any atom is -0.508 e. The summed E-state index contributed by atoms with van der Waals surface area (Å²) in [5.41, 5.74) is 8.33. The van der Waals surface area contributed by atoms with Gasteiger partial charge in [0.2, 0.25) is 17.7 Å². The molecule has 3 amide bonds. The number of hydrogen-bond donors (Lipinski definition) is 7. The van der Waals surface area contributed by atoms with Crippen molar-refractivity contribution in [3.8, 4) is 5.75 Å². The van der Waals surface area contributed by atoms with Gasteiger partial charge in [-0.1, -0.05) is 58.0 Å². The minimum absolute atomic E-state index is 0.0162. The molecular weight excluding hydrogens is 550 g/mol. The van der Waals surface area contributed by atoms with E-state index in [-0.39, 0.29) is 36.8 Å². The maximum Gasteiger partial charge on any atom is 0.326 e. The largest absolute Gasteiger partial charge is 0.508 e. The Hall–Kier alpha value is -4.38. The number of aromatic nitrogens is 1. The van der Waals surface area contributed by atoms with Gasteiger partial charge in [-0.15, -0.1) is 0 Å². The zero-order chi connectivity index (χ0) is 31.7. The van der Waals surface area contributed by atoms with Crippen LogP contribution in [0.15, 0.2) is 54.7 Å². The molecule has 4 unspecified atom stereocenters. The fraction of sp³-hybridized carbons (Fsp3) is 0.438. The third-order valence-electron chi connectivity index (χ3n) is 7.12. The van der Waals surface area contributed by atoms with E-state index in [0.717, 1.165) is 16.5 Å². The van der Waals surface area contributed by atoms with Gasteiger partial charge in [0.05, 0.1) is 6.04 Å². The normalized spacial score (nSPS) is 14.2. The van der Waals surface area contributed by atoms with Gasteiger partial charge in [0, 0.05) is 29.9 Å². The molecule has 3 aromatic rings. The predicted molar refractivity (Wildman–Crippen MR) is 164 cm³/mol. The standard InChI is InChI=1S/C32H43N5O6/c1-18(2)13-24(33)29(39)35-27(15-20-9-11-22(38)12-10-20)31(41)36-26(14-19(3)4)30(40)37-28(32(42)43)16-21-17-34-25-8-6-5-7-23(21)25/h5-12,17-19,24,26-28,34,38H,13-16,33H2,1-4H3,(H,35,39)(H,36,41)(H,37,40)(H,42,43). The van der Waals surface area contributed by atoms with Gasteiger partial charge in [0.25, 0.3) is 0 Å². The van der Waals surface area contributed by atoms with E-state index in [9.17, 15) is 29.4 Å². The molecule has 0 saturated carbocycles. The first-order valence-corrected chi connectivity index (χ1v) is 14.6. The number of amides is 3. The van der Waals surface area contributed by atoms with E-state index in [0.29, 0.717) is 12.0 Å². The topological polar surface area (TPSA) is 187 Å². The highest BCUT2D eigenvalue weighted by Gasteiger charge is 2.31. The van der Waals surface area contributed by atoms with Gasteiger partial charge < -0.3 is 36.9 Å². The molecule has 0 saturated heterocycles. The highest BCUT2D eigenvalue weighted by Crippen LogP contribution is 2.19. The number of aromatic amines is 1. The average Bonchev–Trinajstić information content (AvgIpc) is 3.35. The van der Waals surface area contributed by atoms with Crippen molar-refractivity contribution in [3.63, 3.8) is 0 Å². The van der Waals surface area contributed by atoms with E-state index in [1.807, 2.05) is 52.0 Å². The lowest BCUT2D eigenvalue weighted by atomic mass is 9.99. The fourth-order valence-corrected chi connectivity index (χ4v) is 4.94. The molecule has 4 atom stereocenters. The van der Waals surface area contributed by atoms with Crippen LogP contribution in [-0.2, 0) is 32.0 Å². The smallest absolute Gasteiger partial charge is 0.326 e. The average molecular weight is 594 g/mol. The molecule has 0 aliphatic heterocycles. The molecule has 1 aromatic heterocycles. The molecule has 11 heteroatoms. The summed E-state index contributed by atoms with van der Waals surface area (Å²) in [6, 6.07) is 9.51. The molecule has 0 fully saturated rings. The van der Waals surface area contributed by atoms with Crippen molar-refractivity contribution < 1.29 is 29.4 Å². The number of nitrogens with one attached hydrogen (secondary N) is 4. The summed E-state index contributed by atoms with van der Waals surface area (Å²) in [7, 11) is 0. The maximum absolute atomic E-state index is 13.6. The van der Waals surface area contributed by atoms with Crippen LogP contribution in [0.1, 0.15) is 51.7 Å². The van der Waals surface area contributed by atoms with Gasteiger partial charge >= 0.3 is 5.97 Å². The number of nitrogens with two attached hydrogens (primary N) is 1. The summed E-state index contributed by atoms with van der Waals surface area (Å²) in [6.45, 7) is 7.64. The van der Waals surface area contributed by atoms with Gasteiger partial charge in [-0.05, 0) is 54.0 Å². The lowest BCUT2D eigenvalue weighted by molar-refractivity contribution is -0.142. The number of hydrogen-bond acceptors (Lipinski definition) is 6. The van der Waals surface area contributed by atoms with Gasteiger partial charge in [-0.25, -0.2) is 4.79 Å². The van der Waals surface area contributed by atoms with Gasteiger partial charge in [-0.3, -0.25) is 14.4 Å². The highest BCUT2D eigenvalue weighted by molar-refractivity contribution is 5.94. The Morgan fingerprint density at radius 1 is 0.767 bits per heavy atom. The first-order valence-electron chi connectivity index (χ1n) is 14.6. The zero-order valence-corrected chi connectivity index (χ0v) is 25.1. The number of benzene rings is 2. The number of aliphatic carboxylic acids is 1. The van der Waals surface area contributed by atoms with Crippen LogP contribution in [0.4, 0.5) is 0 Å². The van der Waals surface area contributed by atoms with E-state index in [1.165, 1.54) is 12.1 Å². The first-order chi connectivity index (χ1) is 20.3. The van der Waals surface area contributed by atoms with E-state index < -0.39 is 47.9 Å². The SMILES string of the molecule is CC(C)CC(N)C(=O)NC(Cc1ccc(O)cc1)C(=O)NC(CC(C)C)C(=O)NC(Cc1c[nH]c2ccccc12)C(=O)O. The summed E-state index contributed by atoms with van der Waals surface area (Å²) in [4.78, 5) is 55.2. The van der Waals surface area contributed by atoms with Crippen LogP contribution < -0.4 is 21.7 Å². The molecule has 43 heavy (non-hydrogen) atoms. The number of phenols is 1. The number of carbonyl (C=O) groups excluding carboxylic acids is 3. The van der Waals surface area contributed by atoms with Crippen LogP contribution in [0, 0.1) is 11.8 Å². The third kappa shape index (κ3) is 9.85. The molecule has 8 N–H and O–H groups in total. The third-order valence-corrected chi connectivity index (χ3v) is 7.12. The van der Waals surface area contributed by atoms with Crippen molar-refractivity contribution in [2.75, 3.05) is 0 Å². The second kappa shape index (κ2) is 15.2. The van der Waals surface area contributed by atoms with Crippen molar-refractivity contribution in [1.82, 2.24) is 20.9 Å². The van der Waals surface area contributed by atoms with E-state index in [1.54, 1.807) is 18.3 Å². The van der Waals surface area contributed by atoms with Crippen molar-refractivity contribution >= 4 is 34.6 Å². The van der Waals surface area contributed by atoms with Crippen LogP contribution in [0.5, 0.6) is 5.75 Å². The number of rotatable bonds is 15. The molecule has 0 aliphatic carbocycles. The number of para-hydroxylation sites is 1. The Bertz CT molecular complexity index is 1400. The van der Waals surface area contributed by atoms with Crippen molar-refractivity contribution in [2.45, 2.75) is 77.5 Å². The summed E-state index contributed by atoms with van der Waals surface area (Å²) in [6.07, 6.45) is 2.51. The second-order valence-electron chi connectivity index (χ2n) is 11.8. The van der Waals surface area contributed by atoms with E-state index >= 15 is 0 Å². The van der Waals surface area contributed by atoms with E-state index in [2.05, 4.69) is 20.9 Å². The van der Waals surface area contributed by atoms with Gasteiger partial charge in [0.1, 0.15) is 23.9 Å². The minimum atomic E-state index is -1.24. The summed E-state index contributed by atoms with van der Waals surface area (Å²) in [5, 5.41) is 28.5. The van der Waals surface area contributed by atoms with Crippen LogP contribution in [0.25, 0.3) is 10.9 Å². The lowest BCUT2D eigenvalue weighted by Gasteiger charge is -2.26. The molecule has 1 heterocycles. The van der Waals surface area contributed by atoms with Crippen LogP contribution in [-0.4, -0.2) is 63.1 Å². The number of carbonyl (C=O) groups is 4. The molecule has 0 spiro atoms. The van der Waals surface area contributed by atoms with Gasteiger partial charge in [-0.2, -0.15) is 0 Å². The van der Waals surface area contributed by atoms with Crippen LogP contribution >= 0.6 is 0 Å². The van der Waals surface area contributed by atoms with Crippen molar-refractivity contribution in [1.29, 1.82) is 0 Å². The summed E-state index contributed by atoms with van der Waals surface area (Å²) < 4.78 is 0. The highest BCUT2D eigenvalue weighted by atomic mass is 16.4. The Morgan fingerprint density at radius 3 is 1.98 bits per heavy atom. The number of phenolic OH excluding ortho intramolecular Hbond substituents is 1. The fourth-order valence-electron chi connectivity index (χ4n) is 4.94. The lowest BCUT2D eigenvalue weighted by Crippen LogP contribution is -2.58. The number of aromatic hydroxyl groups is 1. The van der Waals surface area contributed by atoms with Crippen LogP contribution in [0.2, 0.25) is 0 Å². The van der Waals surface area contributed by atoms with Crippen molar-refractivity contribution in [2.24, 2.45) is 17.6 Å². The molecule has 0 aliphatic rings. The van der Waals surface area contributed by atoms with E-state index in [4.69, 9.17) is 5.73 Å². The molecular formula is C32H43N5O6. The first kappa shape index (κ1) is 33.1. The Labute approximate surface area is 251 Å². The number of fused-ring (bicyclic) bond motifs is 1. The summed E-state index contributed by atoms with van der Waals surface area (Å²) >= 11 is 0. The zero-order valence-electron chi connectivity index (χ0n) is 25.1. The van der Waals surface area contributed by atoms with Crippen LogP contribution in [0.3, 0.4) is 0 Å². The Kier molecular flexibility index (Phi) is 11.7. The maximum atomic E-state index is 13.6. The molecule has 11 nitrogen and oxygen atoms in total. The summed E-state index contributed by atoms with van der Waals surface area (Å²) in [5.74, 6) is -2.75. The van der Waals surface area contributed by atoms with Gasteiger partial charge in [0.15, 0.2) is 0 Å². The Balaban J connectivity index is 1.79. The Morgan fingerprint density at radius 2 is 1.35 bits per heavy atom. The molecule has 0 radical (unpaired) electrons. The molecule has 2 aromatic carbocycles. The molecule has 0 bridgehead atoms. The van der Waals surface area contributed by atoms with Crippen molar-refractivity contribution in [3.05, 3.63) is 65.9 Å². The number of carboxylic acids is 1. The number of H-pyrrole nitrogens is 1. The second-order valence-corrected chi connectivity index (χ2v) is 11.8. The molecule has 3 rings (SSSR count). The quantitative estimate of drug-likeness (QED) is 0.141. The monoisotopic (exact) mass is 593 g/mol.